The van der Waals surface area contributed by atoms with Crippen LogP contribution in [0.5, 0.6) is 0 Å². The lowest BCUT2D eigenvalue weighted by Crippen LogP contribution is -2.34. The van der Waals surface area contributed by atoms with Gasteiger partial charge in [0.1, 0.15) is 4.21 Å². The molecule has 28 heavy (non-hydrogen) atoms. The van der Waals surface area contributed by atoms with E-state index >= 15 is 0 Å². The number of hydrogen-bond acceptors (Lipinski definition) is 5. The van der Waals surface area contributed by atoms with Gasteiger partial charge < -0.3 is 10.2 Å². The van der Waals surface area contributed by atoms with Crippen molar-refractivity contribution in [2.75, 3.05) is 30.9 Å². The van der Waals surface area contributed by atoms with E-state index in [1.54, 1.807) is 17.5 Å². The predicted molar refractivity (Wildman–Crippen MR) is 114 cm³/mol. The normalized spacial score (nSPS) is 11.4. The molecule has 0 aliphatic rings. The number of anilines is 3. The van der Waals surface area contributed by atoms with Gasteiger partial charge in [0, 0.05) is 19.8 Å². The first kappa shape index (κ1) is 20.1. The zero-order chi connectivity index (χ0) is 20.1. The van der Waals surface area contributed by atoms with E-state index in [2.05, 4.69) is 5.32 Å². The van der Waals surface area contributed by atoms with Crippen molar-refractivity contribution < 1.29 is 13.2 Å². The highest BCUT2D eigenvalue weighted by Crippen LogP contribution is 2.30. The Morgan fingerprint density at radius 2 is 1.64 bits per heavy atom. The van der Waals surface area contributed by atoms with Crippen molar-refractivity contribution >= 4 is 44.3 Å². The fraction of sp³-hybridized carbons (Fsp3) is 0.150. The van der Waals surface area contributed by atoms with Gasteiger partial charge in [-0.3, -0.25) is 4.79 Å². The topological polar surface area (TPSA) is 69.7 Å². The van der Waals surface area contributed by atoms with Gasteiger partial charge in [0.25, 0.3) is 10.0 Å². The fourth-order valence-corrected chi connectivity index (χ4v) is 5.03. The summed E-state index contributed by atoms with van der Waals surface area (Å²) < 4.78 is 26.2. The van der Waals surface area contributed by atoms with Gasteiger partial charge in [-0.15, -0.1) is 11.3 Å². The average molecular weight is 416 g/mol. The van der Waals surface area contributed by atoms with Crippen molar-refractivity contribution in [3.8, 4) is 0 Å². The average Bonchev–Trinajstić information content (AvgIpc) is 3.24. The highest BCUT2D eigenvalue weighted by molar-refractivity contribution is 7.91. The third-order valence-electron chi connectivity index (χ3n) is 4.21. The number of para-hydroxylation sites is 3. The summed E-state index contributed by atoms with van der Waals surface area (Å²) in [6.45, 7) is -0.274. The smallest absolute Gasteiger partial charge is 0.252 e. The van der Waals surface area contributed by atoms with Crippen LogP contribution in [0.3, 0.4) is 0 Å². The number of benzene rings is 2. The Balaban J connectivity index is 1.75. The third kappa shape index (κ3) is 4.41. The molecule has 0 spiro atoms. The van der Waals surface area contributed by atoms with Gasteiger partial charge in [-0.1, -0.05) is 36.4 Å². The molecule has 146 valence electrons. The van der Waals surface area contributed by atoms with E-state index in [0.717, 1.165) is 27.0 Å². The Hall–Kier alpha value is -2.68. The van der Waals surface area contributed by atoms with E-state index in [9.17, 15) is 13.2 Å². The van der Waals surface area contributed by atoms with Crippen LogP contribution in [0.15, 0.2) is 76.3 Å². The summed E-state index contributed by atoms with van der Waals surface area (Å²) in [7, 11) is -0.362. The lowest BCUT2D eigenvalue weighted by molar-refractivity contribution is -0.116. The Morgan fingerprint density at radius 3 is 2.32 bits per heavy atom. The van der Waals surface area contributed by atoms with Gasteiger partial charge in [0.05, 0.1) is 17.9 Å². The summed E-state index contributed by atoms with van der Waals surface area (Å²) in [5, 5.41) is 4.52. The van der Waals surface area contributed by atoms with Crippen molar-refractivity contribution in [2.24, 2.45) is 0 Å². The van der Waals surface area contributed by atoms with Crippen LogP contribution < -0.4 is 10.2 Å². The summed E-state index contributed by atoms with van der Waals surface area (Å²) in [6.07, 6.45) is 0. The van der Waals surface area contributed by atoms with Gasteiger partial charge in [0.2, 0.25) is 5.91 Å². The molecule has 1 N–H and O–H groups in total. The molecule has 6 nitrogen and oxygen atoms in total. The van der Waals surface area contributed by atoms with E-state index in [0.29, 0.717) is 5.69 Å². The molecule has 8 heteroatoms. The third-order valence-corrected chi connectivity index (χ3v) is 7.39. The molecular formula is C20H21N3O3S2. The maximum Gasteiger partial charge on any atom is 0.252 e. The van der Waals surface area contributed by atoms with Crippen LogP contribution >= 0.6 is 11.3 Å². The van der Waals surface area contributed by atoms with Gasteiger partial charge in [-0.2, -0.15) is 4.31 Å². The van der Waals surface area contributed by atoms with Gasteiger partial charge in [-0.05, 0) is 35.7 Å². The molecular weight excluding hydrogens is 394 g/mol. The number of sulfonamides is 1. The number of carbonyl (C=O) groups is 1. The van der Waals surface area contributed by atoms with Crippen LogP contribution in [0, 0.1) is 0 Å². The minimum Gasteiger partial charge on any atom is -0.343 e. The van der Waals surface area contributed by atoms with Gasteiger partial charge in [-0.25, -0.2) is 8.42 Å². The lowest BCUT2D eigenvalue weighted by atomic mass is 10.2. The molecule has 0 radical (unpaired) electrons. The summed E-state index contributed by atoms with van der Waals surface area (Å²) >= 11 is 1.13. The first-order chi connectivity index (χ1) is 13.4. The van der Waals surface area contributed by atoms with Gasteiger partial charge in [0.15, 0.2) is 0 Å². The van der Waals surface area contributed by atoms with Crippen molar-refractivity contribution in [1.82, 2.24) is 4.31 Å². The maximum absolute atomic E-state index is 12.5. The number of nitrogens with zero attached hydrogens (tertiary/aromatic N) is 2. The molecule has 1 amide bonds. The van der Waals surface area contributed by atoms with E-state index in [-0.39, 0.29) is 10.8 Å². The molecule has 0 bridgehead atoms. The molecule has 0 aliphatic carbocycles. The SMILES string of the molecule is CN(c1ccccc1)c1ccccc1NC(=O)CN(C)S(=O)(=O)c1cccs1. The molecule has 1 heterocycles. The Labute approximate surface area is 169 Å². The summed E-state index contributed by atoms with van der Waals surface area (Å²) in [6, 6.07) is 20.4. The number of amides is 1. The predicted octanol–water partition coefficient (Wildman–Crippen LogP) is 3.78. The first-order valence-electron chi connectivity index (χ1n) is 8.57. The number of nitrogens with one attached hydrogen (secondary N) is 1. The van der Waals surface area contributed by atoms with Crippen LogP contribution in [0.4, 0.5) is 17.1 Å². The second-order valence-electron chi connectivity index (χ2n) is 6.15. The molecule has 1 aromatic heterocycles. The number of hydrogen-bond donors (Lipinski definition) is 1. The fourth-order valence-electron chi connectivity index (χ4n) is 2.70. The molecule has 3 rings (SSSR count). The highest BCUT2D eigenvalue weighted by atomic mass is 32.2. The maximum atomic E-state index is 12.5. The standard InChI is InChI=1S/C20H21N3O3S2/c1-22(28(25,26)20-13-8-14-27-20)15-19(24)21-17-11-6-7-12-18(17)23(2)16-9-4-3-5-10-16/h3-14H,15H2,1-2H3,(H,21,24). The van der Waals surface area contributed by atoms with Crippen LogP contribution in [0.1, 0.15) is 0 Å². The van der Waals surface area contributed by atoms with Crippen molar-refractivity contribution in [3.05, 3.63) is 72.1 Å². The summed E-state index contributed by atoms with van der Waals surface area (Å²) in [4.78, 5) is 14.5. The Bertz CT molecular complexity index is 1040. The van der Waals surface area contributed by atoms with Crippen molar-refractivity contribution in [1.29, 1.82) is 0 Å². The Kier molecular flexibility index (Phi) is 6.13. The minimum absolute atomic E-state index is 0.215. The second-order valence-corrected chi connectivity index (χ2v) is 9.37. The lowest BCUT2D eigenvalue weighted by Gasteiger charge is -2.23. The van der Waals surface area contributed by atoms with Crippen LogP contribution in [0.2, 0.25) is 0 Å². The Morgan fingerprint density at radius 1 is 0.964 bits per heavy atom. The quantitative estimate of drug-likeness (QED) is 0.638. The highest BCUT2D eigenvalue weighted by Gasteiger charge is 2.24. The second kappa shape index (κ2) is 8.55. The van der Waals surface area contributed by atoms with E-state index in [4.69, 9.17) is 0 Å². The number of likely N-dealkylation sites (N-methyl/N-ethyl adjacent to an activating group) is 1. The van der Waals surface area contributed by atoms with E-state index < -0.39 is 15.9 Å². The zero-order valence-electron chi connectivity index (χ0n) is 15.6. The molecule has 2 aromatic carbocycles. The molecule has 0 saturated heterocycles. The monoisotopic (exact) mass is 415 g/mol. The zero-order valence-corrected chi connectivity index (χ0v) is 17.2. The molecule has 0 aliphatic heterocycles. The molecule has 0 saturated carbocycles. The van der Waals surface area contributed by atoms with Crippen LogP contribution in [-0.2, 0) is 14.8 Å². The number of rotatable bonds is 7. The van der Waals surface area contributed by atoms with E-state index in [1.165, 1.54) is 13.1 Å². The summed E-state index contributed by atoms with van der Waals surface area (Å²) in [5.41, 5.74) is 2.40. The minimum atomic E-state index is -3.67. The van der Waals surface area contributed by atoms with Gasteiger partial charge >= 0.3 is 0 Å². The summed E-state index contributed by atoms with van der Waals surface area (Å²) in [5.74, 6) is -0.406. The van der Waals surface area contributed by atoms with Crippen LogP contribution in [-0.4, -0.2) is 39.3 Å². The van der Waals surface area contributed by atoms with Crippen molar-refractivity contribution in [2.45, 2.75) is 4.21 Å². The van der Waals surface area contributed by atoms with Crippen molar-refractivity contribution in [3.63, 3.8) is 0 Å². The molecule has 0 atom stereocenters. The number of thiophene rings is 1. The van der Waals surface area contributed by atoms with Crippen LogP contribution in [0.25, 0.3) is 0 Å². The molecule has 3 aromatic rings. The molecule has 0 fully saturated rings. The number of carbonyl (C=O) groups excluding carboxylic acids is 1. The molecule has 0 unspecified atom stereocenters. The first-order valence-corrected chi connectivity index (χ1v) is 10.9. The van der Waals surface area contributed by atoms with E-state index in [1.807, 2.05) is 60.5 Å². The largest absolute Gasteiger partial charge is 0.343 e.